The fraction of sp³-hybridized carbons (Fsp3) is 0.500. The van der Waals surface area contributed by atoms with Crippen molar-refractivity contribution < 1.29 is 0 Å². The lowest BCUT2D eigenvalue weighted by Gasteiger charge is -2.18. The Hall–Kier alpha value is -0.910. The van der Waals surface area contributed by atoms with E-state index in [9.17, 15) is 0 Å². The summed E-state index contributed by atoms with van der Waals surface area (Å²) in [6, 6.07) is 9.32. The summed E-state index contributed by atoms with van der Waals surface area (Å²) in [5.41, 5.74) is 2.73. The van der Waals surface area contributed by atoms with E-state index in [0.717, 1.165) is 22.5 Å². The first kappa shape index (κ1) is 16.5. The van der Waals surface area contributed by atoms with Gasteiger partial charge in [-0.1, -0.05) is 56.8 Å². The van der Waals surface area contributed by atoms with Crippen LogP contribution in [0, 0.1) is 6.92 Å². The number of aryl methyl sites for hydroxylation is 1. The highest BCUT2D eigenvalue weighted by molar-refractivity contribution is 8.00. The van der Waals surface area contributed by atoms with Gasteiger partial charge in [0, 0.05) is 11.8 Å². The van der Waals surface area contributed by atoms with Crippen molar-refractivity contribution in [1.82, 2.24) is 14.7 Å². The van der Waals surface area contributed by atoms with Gasteiger partial charge in [0.05, 0.1) is 0 Å². The van der Waals surface area contributed by atoms with Crippen LogP contribution in [-0.4, -0.2) is 21.7 Å². The molecule has 0 aliphatic carbocycles. The van der Waals surface area contributed by atoms with Crippen LogP contribution in [0.25, 0.3) is 0 Å². The summed E-state index contributed by atoms with van der Waals surface area (Å²) in [6.45, 7) is 9.50. The first-order chi connectivity index (χ1) is 10.1. The first-order valence-corrected chi connectivity index (χ1v) is 9.12. The lowest BCUT2D eigenvalue weighted by atomic mass is 9.99. The van der Waals surface area contributed by atoms with E-state index in [0.29, 0.717) is 12.0 Å². The second kappa shape index (κ2) is 7.92. The Morgan fingerprint density at radius 1 is 1.19 bits per heavy atom. The summed E-state index contributed by atoms with van der Waals surface area (Å²) in [7, 11) is 0. The monoisotopic (exact) mass is 321 g/mol. The van der Waals surface area contributed by atoms with Crippen LogP contribution in [0.1, 0.15) is 49.7 Å². The summed E-state index contributed by atoms with van der Waals surface area (Å²) in [4.78, 5) is 4.42. The van der Waals surface area contributed by atoms with E-state index >= 15 is 0 Å². The molecule has 0 radical (unpaired) electrons. The summed E-state index contributed by atoms with van der Waals surface area (Å²) < 4.78 is 5.28. The summed E-state index contributed by atoms with van der Waals surface area (Å²) in [5, 5.41) is 3.56. The SMILES string of the molecule is CCNC(CSc1nc(C)ns1)c1ccc(C(C)C)cc1. The van der Waals surface area contributed by atoms with E-state index in [1.807, 2.05) is 6.92 Å². The molecule has 5 heteroatoms. The molecule has 1 atom stereocenters. The van der Waals surface area contributed by atoms with Crippen molar-refractivity contribution in [2.75, 3.05) is 12.3 Å². The number of aromatic nitrogens is 2. The van der Waals surface area contributed by atoms with Gasteiger partial charge in [0.2, 0.25) is 0 Å². The zero-order valence-corrected chi connectivity index (χ0v) is 14.7. The van der Waals surface area contributed by atoms with Crippen LogP contribution in [0.15, 0.2) is 28.6 Å². The molecule has 0 spiro atoms. The third-order valence-corrected chi connectivity index (χ3v) is 5.36. The van der Waals surface area contributed by atoms with Crippen LogP contribution < -0.4 is 5.32 Å². The average molecular weight is 322 g/mol. The lowest BCUT2D eigenvalue weighted by molar-refractivity contribution is 0.605. The summed E-state index contributed by atoms with van der Waals surface area (Å²) in [6.07, 6.45) is 0. The minimum Gasteiger partial charge on any atom is -0.309 e. The van der Waals surface area contributed by atoms with Crippen molar-refractivity contribution in [3.05, 3.63) is 41.2 Å². The number of benzene rings is 1. The van der Waals surface area contributed by atoms with Gasteiger partial charge < -0.3 is 5.32 Å². The molecular weight excluding hydrogens is 298 g/mol. The molecule has 0 aliphatic rings. The Labute approximate surface area is 135 Å². The molecule has 3 nitrogen and oxygen atoms in total. The van der Waals surface area contributed by atoms with E-state index in [1.165, 1.54) is 22.7 Å². The van der Waals surface area contributed by atoms with Gasteiger partial charge in [-0.05, 0) is 42.0 Å². The van der Waals surface area contributed by atoms with Crippen molar-refractivity contribution in [3.63, 3.8) is 0 Å². The lowest BCUT2D eigenvalue weighted by Crippen LogP contribution is -2.22. The summed E-state index contributed by atoms with van der Waals surface area (Å²) in [5.74, 6) is 2.42. The maximum absolute atomic E-state index is 4.42. The van der Waals surface area contributed by atoms with Crippen molar-refractivity contribution >= 4 is 23.3 Å². The molecular formula is C16H23N3S2. The molecule has 1 unspecified atom stereocenters. The third kappa shape index (κ3) is 4.80. The molecule has 1 heterocycles. The molecule has 0 fully saturated rings. The minimum absolute atomic E-state index is 0.352. The molecule has 1 N–H and O–H groups in total. The number of thioether (sulfide) groups is 1. The van der Waals surface area contributed by atoms with Gasteiger partial charge in [-0.15, -0.1) is 0 Å². The molecule has 2 rings (SSSR count). The Morgan fingerprint density at radius 3 is 2.38 bits per heavy atom. The zero-order valence-electron chi connectivity index (χ0n) is 13.1. The molecule has 0 saturated carbocycles. The van der Waals surface area contributed by atoms with E-state index in [-0.39, 0.29) is 0 Å². The zero-order chi connectivity index (χ0) is 15.2. The number of hydrogen-bond donors (Lipinski definition) is 1. The molecule has 2 aromatic rings. The maximum Gasteiger partial charge on any atom is 0.170 e. The largest absolute Gasteiger partial charge is 0.309 e. The number of rotatable bonds is 7. The third-order valence-electron chi connectivity index (χ3n) is 3.34. The van der Waals surface area contributed by atoms with E-state index in [1.54, 1.807) is 11.8 Å². The molecule has 0 aliphatic heterocycles. The summed E-state index contributed by atoms with van der Waals surface area (Å²) >= 11 is 3.26. The predicted molar refractivity (Wildman–Crippen MR) is 92.3 cm³/mol. The second-order valence-corrected chi connectivity index (χ2v) is 7.37. The highest BCUT2D eigenvalue weighted by atomic mass is 32.2. The van der Waals surface area contributed by atoms with Crippen molar-refractivity contribution in [2.24, 2.45) is 0 Å². The highest BCUT2D eigenvalue weighted by Gasteiger charge is 2.13. The van der Waals surface area contributed by atoms with E-state index in [2.05, 4.69) is 59.7 Å². The van der Waals surface area contributed by atoms with Crippen molar-refractivity contribution in [2.45, 2.75) is 44.0 Å². The van der Waals surface area contributed by atoms with Crippen LogP contribution >= 0.6 is 23.3 Å². The van der Waals surface area contributed by atoms with Gasteiger partial charge in [0.1, 0.15) is 5.82 Å². The van der Waals surface area contributed by atoms with Crippen LogP contribution in [0.3, 0.4) is 0 Å². The van der Waals surface area contributed by atoms with Crippen LogP contribution in [0.5, 0.6) is 0 Å². The first-order valence-electron chi connectivity index (χ1n) is 7.36. The quantitative estimate of drug-likeness (QED) is 0.766. The fourth-order valence-electron chi connectivity index (χ4n) is 2.12. The van der Waals surface area contributed by atoms with Gasteiger partial charge in [0.25, 0.3) is 0 Å². The molecule has 0 bridgehead atoms. The van der Waals surface area contributed by atoms with Crippen LogP contribution in [0.4, 0.5) is 0 Å². The highest BCUT2D eigenvalue weighted by Crippen LogP contribution is 2.27. The fourth-order valence-corrected chi connectivity index (χ4v) is 3.89. The van der Waals surface area contributed by atoms with Crippen molar-refractivity contribution in [3.8, 4) is 0 Å². The van der Waals surface area contributed by atoms with E-state index in [4.69, 9.17) is 0 Å². The van der Waals surface area contributed by atoms with Gasteiger partial charge in [-0.25, -0.2) is 4.98 Å². The van der Waals surface area contributed by atoms with Crippen molar-refractivity contribution in [1.29, 1.82) is 0 Å². The normalized spacial score (nSPS) is 12.8. The molecule has 0 saturated heterocycles. The second-order valence-electron chi connectivity index (χ2n) is 5.35. The maximum atomic E-state index is 4.42. The molecule has 1 aromatic carbocycles. The Kier molecular flexibility index (Phi) is 6.21. The van der Waals surface area contributed by atoms with Crippen LogP contribution in [-0.2, 0) is 0 Å². The molecule has 21 heavy (non-hydrogen) atoms. The predicted octanol–water partition coefficient (Wildman–Crippen LogP) is 4.41. The average Bonchev–Trinajstić information content (AvgIpc) is 2.89. The minimum atomic E-state index is 0.352. The molecule has 1 aromatic heterocycles. The topological polar surface area (TPSA) is 37.8 Å². The molecule has 0 amide bonds. The Balaban J connectivity index is 2.03. The Bertz CT molecular complexity index is 549. The van der Waals surface area contributed by atoms with E-state index < -0.39 is 0 Å². The number of nitrogens with zero attached hydrogens (tertiary/aromatic N) is 2. The van der Waals surface area contributed by atoms with Crippen LogP contribution in [0.2, 0.25) is 0 Å². The van der Waals surface area contributed by atoms with Gasteiger partial charge in [0.15, 0.2) is 4.34 Å². The number of hydrogen-bond acceptors (Lipinski definition) is 5. The standard InChI is InChI=1S/C16H23N3S2/c1-5-17-15(10-20-16-18-12(4)19-21-16)14-8-6-13(7-9-14)11(2)3/h6-9,11,15,17H,5,10H2,1-4H3. The number of nitrogens with one attached hydrogen (secondary N) is 1. The smallest absolute Gasteiger partial charge is 0.170 e. The van der Waals surface area contributed by atoms with Gasteiger partial charge in [-0.3, -0.25) is 0 Å². The Morgan fingerprint density at radius 2 is 1.86 bits per heavy atom. The molecule has 114 valence electrons. The van der Waals surface area contributed by atoms with Gasteiger partial charge >= 0.3 is 0 Å². The van der Waals surface area contributed by atoms with Gasteiger partial charge in [-0.2, -0.15) is 4.37 Å².